The molecule has 0 aromatic carbocycles. The fourth-order valence-electron chi connectivity index (χ4n) is 2.16. The van der Waals surface area contributed by atoms with Crippen LogP contribution in [0.1, 0.15) is 20.8 Å². The third-order valence-electron chi connectivity index (χ3n) is 2.87. The summed E-state index contributed by atoms with van der Waals surface area (Å²) < 4.78 is 0. The molecule has 14 heavy (non-hydrogen) atoms. The van der Waals surface area contributed by atoms with E-state index in [9.17, 15) is 0 Å². The zero-order valence-corrected chi connectivity index (χ0v) is 9.74. The maximum atomic E-state index is 8.86. The third kappa shape index (κ3) is 3.56. The smallest absolute Gasteiger partial charge is 0.0558 e. The maximum absolute atomic E-state index is 8.86. The quantitative estimate of drug-likeness (QED) is 0.721. The summed E-state index contributed by atoms with van der Waals surface area (Å²) in [5, 5.41) is 8.86. The van der Waals surface area contributed by atoms with Crippen LogP contribution in [0.3, 0.4) is 0 Å². The number of aliphatic hydroxyl groups is 1. The van der Waals surface area contributed by atoms with E-state index < -0.39 is 0 Å². The van der Waals surface area contributed by atoms with Gasteiger partial charge in [0.15, 0.2) is 0 Å². The number of rotatable bonds is 4. The Morgan fingerprint density at radius 1 is 1.36 bits per heavy atom. The average Bonchev–Trinajstić information content (AvgIpc) is 2.10. The maximum Gasteiger partial charge on any atom is 0.0558 e. The fourth-order valence-corrected chi connectivity index (χ4v) is 2.16. The monoisotopic (exact) mass is 200 g/mol. The van der Waals surface area contributed by atoms with Crippen molar-refractivity contribution in [1.29, 1.82) is 0 Å². The molecule has 1 fully saturated rings. The van der Waals surface area contributed by atoms with Crippen LogP contribution < -0.4 is 0 Å². The van der Waals surface area contributed by atoms with Crippen molar-refractivity contribution in [3.63, 3.8) is 0 Å². The van der Waals surface area contributed by atoms with E-state index in [1.54, 1.807) is 0 Å². The molecule has 0 radical (unpaired) electrons. The molecule has 0 aromatic heterocycles. The Kier molecular flexibility index (Phi) is 4.85. The van der Waals surface area contributed by atoms with Crippen molar-refractivity contribution in [2.75, 3.05) is 39.3 Å². The Morgan fingerprint density at radius 3 is 2.57 bits per heavy atom. The lowest BCUT2D eigenvalue weighted by Crippen LogP contribution is -2.53. The van der Waals surface area contributed by atoms with Crippen molar-refractivity contribution in [2.45, 2.75) is 26.8 Å². The second-order valence-electron chi connectivity index (χ2n) is 4.76. The predicted octanol–water partition coefficient (Wildman–Crippen LogP) is 0.641. The lowest BCUT2D eigenvalue weighted by Gasteiger charge is -2.40. The molecule has 84 valence electrons. The van der Waals surface area contributed by atoms with Crippen LogP contribution in [-0.2, 0) is 0 Å². The van der Waals surface area contributed by atoms with Crippen LogP contribution in [0.2, 0.25) is 0 Å². The van der Waals surface area contributed by atoms with Gasteiger partial charge in [0.05, 0.1) is 6.61 Å². The normalized spacial score (nSPS) is 25.9. The molecule has 1 rings (SSSR count). The van der Waals surface area contributed by atoms with E-state index in [-0.39, 0.29) is 6.61 Å². The largest absolute Gasteiger partial charge is 0.395 e. The van der Waals surface area contributed by atoms with Crippen LogP contribution in [0, 0.1) is 5.92 Å². The molecule has 0 spiro atoms. The van der Waals surface area contributed by atoms with Gasteiger partial charge in [-0.25, -0.2) is 0 Å². The highest BCUT2D eigenvalue weighted by atomic mass is 16.3. The van der Waals surface area contributed by atoms with E-state index in [0.29, 0.717) is 6.04 Å². The van der Waals surface area contributed by atoms with Gasteiger partial charge in [-0.1, -0.05) is 13.8 Å². The van der Waals surface area contributed by atoms with Gasteiger partial charge >= 0.3 is 0 Å². The number of hydrogen-bond acceptors (Lipinski definition) is 3. The fraction of sp³-hybridized carbons (Fsp3) is 1.00. The Morgan fingerprint density at radius 2 is 2.07 bits per heavy atom. The number of piperazine rings is 1. The second kappa shape index (κ2) is 5.69. The highest BCUT2D eigenvalue weighted by Crippen LogP contribution is 2.11. The molecular weight excluding hydrogens is 176 g/mol. The lowest BCUT2D eigenvalue weighted by atomic mass is 10.1. The van der Waals surface area contributed by atoms with E-state index in [0.717, 1.165) is 32.1 Å². The van der Waals surface area contributed by atoms with E-state index in [2.05, 4.69) is 30.6 Å². The molecule has 0 aromatic rings. The Balaban J connectivity index is 2.32. The van der Waals surface area contributed by atoms with Gasteiger partial charge in [-0.3, -0.25) is 9.80 Å². The summed E-state index contributed by atoms with van der Waals surface area (Å²) in [5.74, 6) is 0.752. The first kappa shape index (κ1) is 12.0. The summed E-state index contributed by atoms with van der Waals surface area (Å²) in [5.41, 5.74) is 0. The van der Waals surface area contributed by atoms with Gasteiger partial charge in [-0.15, -0.1) is 0 Å². The summed E-state index contributed by atoms with van der Waals surface area (Å²) in [6, 6.07) is 0.637. The molecule has 0 aliphatic carbocycles. The topological polar surface area (TPSA) is 26.7 Å². The summed E-state index contributed by atoms with van der Waals surface area (Å²) in [4.78, 5) is 4.90. The second-order valence-corrected chi connectivity index (χ2v) is 4.76. The van der Waals surface area contributed by atoms with E-state index >= 15 is 0 Å². The molecule has 0 unspecified atom stereocenters. The first-order chi connectivity index (χ1) is 6.63. The van der Waals surface area contributed by atoms with Crippen LogP contribution in [-0.4, -0.2) is 60.3 Å². The summed E-state index contributed by atoms with van der Waals surface area (Å²) in [7, 11) is 0. The van der Waals surface area contributed by atoms with Crippen molar-refractivity contribution in [3.05, 3.63) is 0 Å². The van der Waals surface area contributed by atoms with Gasteiger partial charge in [0.1, 0.15) is 0 Å². The predicted molar refractivity (Wildman–Crippen MR) is 59.4 cm³/mol. The van der Waals surface area contributed by atoms with Gasteiger partial charge in [-0.05, 0) is 12.8 Å². The molecule has 1 heterocycles. The zero-order valence-electron chi connectivity index (χ0n) is 9.74. The van der Waals surface area contributed by atoms with Crippen molar-refractivity contribution >= 4 is 0 Å². The molecule has 0 amide bonds. The van der Waals surface area contributed by atoms with Gasteiger partial charge < -0.3 is 5.11 Å². The van der Waals surface area contributed by atoms with Gasteiger partial charge in [0.25, 0.3) is 0 Å². The number of β-amino-alcohol motifs (C(OH)–C–C–N with tert-alkyl or cyclic N) is 1. The van der Waals surface area contributed by atoms with Crippen LogP contribution in [0.4, 0.5) is 0 Å². The van der Waals surface area contributed by atoms with Crippen molar-refractivity contribution in [3.8, 4) is 0 Å². The molecule has 1 atom stereocenters. The van der Waals surface area contributed by atoms with Crippen LogP contribution in [0.25, 0.3) is 0 Å². The standard InChI is InChI=1S/C11H24N2O/c1-10(2)8-13-5-4-12(6-7-14)9-11(13)3/h10-11,14H,4-9H2,1-3H3/t11-/m0/s1. The number of aliphatic hydroxyl groups excluding tert-OH is 1. The molecule has 0 bridgehead atoms. The van der Waals surface area contributed by atoms with E-state index in [4.69, 9.17) is 5.11 Å². The number of nitrogens with zero attached hydrogens (tertiary/aromatic N) is 2. The first-order valence-corrected chi connectivity index (χ1v) is 5.70. The summed E-state index contributed by atoms with van der Waals surface area (Å²) >= 11 is 0. The van der Waals surface area contributed by atoms with Crippen molar-refractivity contribution in [1.82, 2.24) is 9.80 Å². The molecule has 3 nitrogen and oxygen atoms in total. The molecule has 1 aliphatic rings. The molecular formula is C11H24N2O. The lowest BCUT2D eigenvalue weighted by molar-refractivity contribution is 0.0638. The Hall–Kier alpha value is -0.120. The minimum Gasteiger partial charge on any atom is -0.395 e. The third-order valence-corrected chi connectivity index (χ3v) is 2.87. The minimum atomic E-state index is 0.289. The first-order valence-electron chi connectivity index (χ1n) is 5.70. The van der Waals surface area contributed by atoms with Crippen LogP contribution in [0.5, 0.6) is 0 Å². The van der Waals surface area contributed by atoms with Crippen LogP contribution in [0.15, 0.2) is 0 Å². The minimum absolute atomic E-state index is 0.289. The summed E-state index contributed by atoms with van der Waals surface area (Å²) in [6.45, 7) is 12.5. The molecule has 3 heteroatoms. The highest BCUT2D eigenvalue weighted by molar-refractivity contribution is 4.79. The van der Waals surface area contributed by atoms with Crippen LogP contribution >= 0.6 is 0 Å². The van der Waals surface area contributed by atoms with Gasteiger partial charge in [-0.2, -0.15) is 0 Å². The molecule has 1 aliphatic heterocycles. The molecule has 0 saturated carbocycles. The van der Waals surface area contributed by atoms with Crippen molar-refractivity contribution < 1.29 is 5.11 Å². The zero-order chi connectivity index (χ0) is 10.6. The van der Waals surface area contributed by atoms with Gasteiger partial charge in [0, 0.05) is 38.8 Å². The van der Waals surface area contributed by atoms with E-state index in [1.165, 1.54) is 6.54 Å². The highest BCUT2D eigenvalue weighted by Gasteiger charge is 2.23. The van der Waals surface area contributed by atoms with Gasteiger partial charge in [0.2, 0.25) is 0 Å². The molecule has 1 saturated heterocycles. The Labute approximate surface area is 87.7 Å². The summed E-state index contributed by atoms with van der Waals surface area (Å²) in [6.07, 6.45) is 0. The van der Waals surface area contributed by atoms with E-state index in [1.807, 2.05) is 0 Å². The number of hydrogen-bond donors (Lipinski definition) is 1. The van der Waals surface area contributed by atoms with Crippen molar-refractivity contribution in [2.24, 2.45) is 5.92 Å². The Bertz CT molecular complexity index is 161. The SMILES string of the molecule is CC(C)CN1CCN(CCO)C[C@@H]1C. The molecule has 1 N–H and O–H groups in total. The average molecular weight is 200 g/mol.